The summed E-state index contributed by atoms with van der Waals surface area (Å²) in [6, 6.07) is 5.89. The Hall–Kier alpha value is -0.450. The van der Waals surface area contributed by atoms with E-state index in [0.29, 0.717) is 18.5 Å². The minimum atomic E-state index is -0.111. The normalized spacial score (nSPS) is 19.9. The van der Waals surface area contributed by atoms with Crippen molar-refractivity contribution < 1.29 is 4.39 Å². The summed E-state index contributed by atoms with van der Waals surface area (Å²) in [6.07, 6.45) is 2.43. The fraction of sp³-hybridized carbons (Fsp3) is 0.625. The first kappa shape index (κ1) is 15.9. The van der Waals surface area contributed by atoms with E-state index in [0.717, 1.165) is 29.7 Å². The molecule has 0 aliphatic carbocycles. The van der Waals surface area contributed by atoms with Crippen LogP contribution in [0.15, 0.2) is 22.7 Å². The van der Waals surface area contributed by atoms with Crippen LogP contribution in [0.3, 0.4) is 0 Å². The zero-order chi connectivity index (χ0) is 14.5. The van der Waals surface area contributed by atoms with Crippen molar-refractivity contribution in [1.29, 1.82) is 0 Å². The van der Waals surface area contributed by atoms with Crippen LogP contribution in [0.25, 0.3) is 0 Å². The van der Waals surface area contributed by atoms with Gasteiger partial charge in [0.2, 0.25) is 0 Å². The molecular formula is C16H24BrFN2. The highest BCUT2D eigenvalue weighted by Gasteiger charge is 2.24. The average molecular weight is 343 g/mol. The van der Waals surface area contributed by atoms with E-state index in [1.807, 2.05) is 12.1 Å². The first-order valence-corrected chi connectivity index (χ1v) is 8.24. The van der Waals surface area contributed by atoms with E-state index in [2.05, 4.69) is 40.0 Å². The third-order valence-electron chi connectivity index (χ3n) is 3.82. The average Bonchev–Trinajstić information content (AvgIpc) is 2.80. The standard InChI is InChI=1S/C16H24BrFN2/c1-12(2)9-19-10-15-4-3-7-20(15)11-13-5-6-14(17)8-16(13)18/h5-6,8,12,15,19H,3-4,7,9-11H2,1-2H3. The highest BCUT2D eigenvalue weighted by Crippen LogP contribution is 2.22. The topological polar surface area (TPSA) is 15.3 Å². The lowest BCUT2D eigenvalue weighted by molar-refractivity contribution is 0.234. The summed E-state index contributed by atoms with van der Waals surface area (Å²) in [7, 11) is 0. The van der Waals surface area contributed by atoms with Crippen molar-refractivity contribution in [3.05, 3.63) is 34.1 Å². The first-order valence-electron chi connectivity index (χ1n) is 7.45. The lowest BCUT2D eigenvalue weighted by Gasteiger charge is -2.25. The molecule has 0 amide bonds. The minimum Gasteiger partial charge on any atom is -0.315 e. The molecule has 0 bridgehead atoms. The Morgan fingerprint density at radius 3 is 2.95 bits per heavy atom. The van der Waals surface area contributed by atoms with Crippen LogP contribution >= 0.6 is 15.9 Å². The minimum absolute atomic E-state index is 0.111. The second kappa shape index (κ2) is 7.53. The predicted molar refractivity (Wildman–Crippen MR) is 85.2 cm³/mol. The fourth-order valence-corrected chi connectivity index (χ4v) is 3.07. The van der Waals surface area contributed by atoms with Gasteiger partial charge in [0.1, 0.15) is 5.82 Å². The molecule has 1 aliphatic heterocycles. The van der Waals surface area contributed by atoms with Crippen LogP contribution in [0.1, 0.15) is 32.3 Å². The zero-order valence-electron chi connectivity index (χ0n) is 12.3. The second-order valence-electron chi connectivity index (χ2n) is 6.05. The molecule has 1 atom stereocenters. The zero-order valence-corrected chi connectivity index (χ0v) is 13.9. The maximum atomic E-state index is 13.9. The quantitative estimate of drug-likeness (QED) is 0.845. The molecule has 1 fully saturated rings. The van der Waals surface area contributed by atoms with Gasteiger partial charge in [-0.3, -0.25) is 4.90 Å². The Balaban J connectivity index is 1.90. The van der Waals surface area contributed by atoms with Crippen molar-refractivity contribution in [3.63, 3.8) is 0 Å². The van der Waals surface area contributed by atoms with Gasteiger partial charge in [0, 0.05) is 29.2 Å². The van der Waals surface area contributed by atoms with E-state index in [9.17, 15) is 4.39 Å². The lowest BCUT2D eigenvalue weighted by Crippen LogP contribution is -2.38. The monoisotopic (exact) mass is 342 g/mol. The number of likely N-dealkylation sites (tertiary alicyclic amines) is 1. The van der Waals surface area contributed by atoms with Gasteiger partial charge >= 0.3 is 0 Å². The van der Waals surface area contributed by atoms with Gasteiger partial charge in [0.25, 0.3) is 0 Å². The van der Waals surface area contributed by atoms with Gasteiger partial charge in [-0.05, 0) is 44.0 Å². The summed E-state index contributed by atoms with van der Waals surface area (Å²) in [5.74, 6) is 0.564. The number of hydrogen-bond donors (Lipinski definition) is 1. The first-order chi connectivity index (χ1) is 9.56. The maximum Gasteiger partial charge on any atom is 0.128 e. The molecule has 0 spiro atoms. The Morgan fingerprint density at radius 2 is 2.25 bits per heavy atom. The molecule has 2 rings (SSSR count). The number of rotatable bonds is 6. The van der Waals surface area contributed by atoms with E-state index < -0.39 is 0 Å². The van der Waals surface area contributed by atoms with Gasteiger partial charge < -0.3 is 5.32 Å². The largest absolute Gasteiger partial charge is 0.315 e. The fourth-order valence-electron chi connectivity index (χ4n) is 2.74. The third kappa shape index (κ3) is 4.54. The van der Waals surface area contributed by atoms with Crippen molar-refractivity contribution in [3.8, 4) is 0 Å². The van der Waals surface area contributed by atoms with E-state index in [1.165, 1.54) is 12.8 Å². The van der Waals surface area contributed by atoms with E-state index in [1.54, 1.807) is 6.07 Å². The number of benzene rings is 1. The van der Waals surface area contributed by atoms with Crippen molar-refractivity contribution in [2.24, 2.45) is 5.92 Å². The predicted octanol–water partition coefficient (Wildman–Crippen LogP) is 3.80. The van der Waals surface area contributed by atoms with Gasteiger partial charge in [-0.1, -0.05) is 35.8 Å². The van der Waals surface area contributed by atoms with E-state index in [4.69, 9.17) is 0 Å². The van der Waals surface area contributed by atoms with Gasteiger partial charge in [0.05, 0.1) is 0 Å². The number of nitrogens with zero attached hydrogens (tertiary/aromatic N) is 1. The van der Waals surface area contributed by atoms with E-state index in [-0.39, 0.29) is 5.82 Å². The summed E-state index contributed by atoms with van der Waals surface area (Å²) in [5, 5.41) is 3.52. The van der Waals surface area contributed by atoms with Crippen LogP contribution < -0.4 is 5.32 Å². The van der Waals surface area contributed by atoms with Gasteiger partial charge in [-0.25, -0.2) is 4.39 Å². The van der Waals surface area contributed by atoms with Crippen LogP contribution in [0.2, 0.25) is 0 Å². The Bertz CT molecular complexity index is 436. The summed E-state index contributed by atoms with van der Waals surface area (Å²) in [6.45, 7) is 8.29. The Labute approximate surface area is 129 Å². The molecule has 4 heteroatoms. The van der Waals surface area contributed by atoms with Crippen LogP contribution in [-0.4, -0.2) is 30.6 Å². The molecular weight excluding hydrogens is 319 g/mol. The van der Waals surface area contributed by atoms with Crippen molar-refractivity contribution >= 4 is 15.9 Å². The van der Waals surface area contributed by atoms with Gasteiger partial charge in [0.15, 0.2) is 0 Å². The Kier molecular flexibility index (Phi) is 6.00. The summed E-state index contributed by atoms with van der Waals surface area (Å²) >= 11 is 3.30. The molecule has 1 unspecified atom stereocenters. The molecule has 1 aromatic rings. The third-order valence-corrected chi connectivity index (χ3v) is 4.31. The molecule has 0 radical (unpaired) electrons. The SMILES string of the molecule is CC(C)CNCC1CCCN1Cc1ccc(Br)cc1F. The molecule has 1 aromatic carbocycles. The molecule has 1 heterocycles. The van der Waals surface area contributed by atoms with Crippen molar-refractivity contribution in [2.45, 2.75) is 39.3 Å². The maximum absolute atomic E-state index is 13.9. The molecule has 1 aliphatic rings. The summed E-state index contributed by atoms with van der Waals surface area (Å²) in [4.78, 5) is 2.40. The number of halogens is 2. The lowest BCUT2D eigenvalue weighted by atomic mass is 10.1. The summed E-state index contributed by atoms with van der Waals surface area (Å²) < 4.78 is 14.7. The molecule has 112 valence electrons. The second-order valence-corrected chi connectivity index (χ2v) is 6.97. The van der Waals surface area contributed by atoms with Crippen molar-refractivity contribution in [2.75, 3.05) is 19.6 Å². The van der Waals surface area contributed by atoms with Crippen LogP contribution in [0.4, 0.5) is 4.39 Å². The summed E-state index contributed by atoms with van der Waals surface area (Å²) in [5.41, 5.74) is 0.795. The van der Waals surface area contributed by atoms with Crippen LogP contribution in [-0.2, 0) is 6.54 Å². The van der Waals surface area contributed by atoms with Gasteiger partial charge in [-0.15, -0.1) is 0 Å². The molecule has 0 saturated carbocycles. The number of hydrogen-bond acceptors (Lipinski definition) is 2. The molecule has 2 nitrogen and oxygen atoms in total. The van der Waals surface area contributed by atoms with Gasteiger partial charge in [-0.2, -0.15) is 0 Å². The van der Waals surface area contributed by atoms with Crippen molar-refractivity contribution in [1.82, 2.24) is 10.2 Å². The highest BCUT2D eigenvalue weighted by atomic mass is 79.9. The Morgan fingerprint density at radius 1 is 1.45 bits per heavy atom. The number of nitrogens with one attached hydrogen (secondary N) is 1. The molecule has 1 saturated heterocycles. The molecule has 20 heavy (non-hydrogen) atoms. The van der Waals surface area contributed by atoms with Crippen LogP contribution in [0, 0.1) is 11.7 Å². The van der Waals surface area contributed by atoms with E-state index >= 15 is 0 Å². The molecule has 0 aromatic heterocycles. The van der Waals surface area contributed by atoms with Crippen LogP contribution in [0.5, 0.6) is 0 Å². The highest BCUT2D eigenvalue weighted by molar-refractivity contribution is 9.10. The smallest absolute Gasteiger partial charge is 0.128 e. The molecule has 1 N–H and O–H groups in total.